The van der Waals surface area contributed by atoms with Crippen LogP contribution in [0.3, 0.4) is 0 Å². The van der Waals surface area contributed by atoms with Gasteiger partial charge in [0, 0.05) is 44.4 Å². The van der Waals surface area contributed by atoms with Crippen molar-refractivity contribution in [3.05, 3.63) is 59.7 Å². The molecule has 2 N–H and O–H groups in total. The molecule has 7 heteroatoms. The van der Waals surface area contributed by atoms with E-state index in [2.05, 4.69) is 21.7 Å². The summed E-state index contributed by atoms with van der Waals surface area (Å²) in [5.74, 6) is 1.81. The maximum Gasteiger partial charge on any atom is 0.227 e. The minimum Gasteiger partial charge on any atom is -0.488 e. The second kappa shape index (κ2) is 11.4. The summed E-state index contributed by atoms with van der Waals surface area (Å²) in [6.07, 6.45) is 1.59. The molecule has 1 amide bonds. The molecule has 31 heavy (non-hydrogen) atoms. The Kier molecular flexibility index (Phi) is 9.15. The van der Waals surface area contributed by atoms with Gasteiger partial charge in [-0.25, -0.2) is 0 Å². The molecule has 0 radical (unpaired) electrons. The molecule has 1 fully saturated rings. The molecule has 6 nitrogen and oxygen atoms in total. The number of rotatable bonds is 6. The first-order chi connectivity index (χ1) is 14.4. The molecule has 0 unspecified atom stereocenters. The van der Waals surface area contributed by atoms with Crippen LogP contribution >= 0.6 is 24.0 Å². The highest BCUT2D eigenvalue weighted by molar-refractivity contribution is 14.0. The van der Waals surface area contributed by atoms with Crippen LogP contribution in [0.4, 0.5) is 5.69 Å². The predicted octanol–water partition coefficient (Wildman–Crippen LogP) is 4.47. The number of benzene rings is 2. The van der Waals surface area contributed by atoms with Crippen LogP contribution in [0, 0.1) is 0 Å². The van der Waals surface area contributed by atoms with Crippen LogP contribution in [0.15, 0.2) is 53.5 Å². The zero-order valence-corrected chi connectivity index (χ0v) is 21.1. The number of carbonyl (C=O) groups excluding carboxylic acids is 1. The van der Waals surface area contributed by atoms with E-state index in [-0.39, 0.29) is 35.5 Å². The van der Waals surface area contributed by atoms with Gasteiger partial charge in [0.25, 0.3) is 0 Å². The van der Waals surface area contributed by atoms with Gasteiger partial charge in [0.2, 0.25) is 5.91 Å². The van der Waals surface area contributed by atoms with Crippen molar-refractivity contribution >= 4 is 41.5 Å². The molecule has 1 saturated heterocycles. The molecule has 1 aliphatic rings. The molecule has 0 atom stereocenters. The molecule has 168 valence electrons. The molecule has 0 saturated carbocycles. The van der Waals surface area contributed by atoms with Gasteiger partial charge in [-0.05, 0) is 51.0 Å². The van der Waals surface area contributed by atoms with Crippen molar-refractivity contribution in [2.24, 2.45) is 4.99 Å². The Balaban J connectivity index is 0.00000341. The van der Waals surface area contributed by atoms with Gasteiger partial charge in [-0.2, -0.15) is 0 Å². The average Bonchev–Trinajstić information content (AvgIpc) is 3.14. The molecule has 0 bridgehead atoms. The van der Waals surface area contributed by atoms with Gasteiger partial charge in [0.1, 0.15) is 11.4 Å². The summed E-state index contributed by atoms with van der Waals surface area (Å²) >= 11 is 0. The van der Waals surface area contributed by atoms with E-state index in [1.54, 1.807) is 7.05 Å². The highest BCUT2D eigenvalue weighted by Gasteiger charge is 2.21. The summed E-state index contributed by atoms with van der Waals surface area (Å²) in [4.78, 5) is 18.1. The quantitative estimate of drug-likeness (QED) is 0.325. The predicted molar refractivity (Wildman–Crippen MR) is 137 cm³/mol. The van der Waals surface area contributed by atoms with E-state index in [1.165, 1.54) is 0 Å². The number of hydrogen-bond acceptors (Lipinski definition) is 3. The topological polar surface area (TPSA) is 66.0 Å². The molecule has 0 aliphatic carbocycles. The van der Waals surface area contributed by atoms with E-state index in [4.69, 9.17) is 4.74 Å². The Bertz CT molecular complexity index is 891. The van der Waals surface area contributed by atoms with Gasteiger partial charge < -0.3 is 20.3 Å². The lowest BCUT2D eigenvalue weighted by atomic mass is 10.1. The number of nitrogens with zero attached hydrogens (tertiary/aromatic N) is 2. The average molecular weight is 536 g/mol. The number of anilines is 1. The zero-order chi connectivity index (χ0) is 21.6. The van der Waals surface area contributed by atoms with Crippen molar-refractivity contribution in [3.63, 3.8) is 0 Å². The van der Waals surface area contributed by atoms with E-state index < -0.39 is 0 Å². The van der Waals surface area contributed by atoms with Crippen molar-refractivity contribution in [2.45, 2.75) is 52.3 Å². The summed E-state index contributed by atoms with van der Waals surface area (Å²) in [6, 6.07) is 16.2. The monoisotopic (exact) mass is 536 g/mol. The number of hydrogen-bond donors (Lipinski definition) is 2. The Morgan fingerprint density at radius 2 is 1.74 bits per heavy atom. The molecule has 2 aromatic carbocycles. The van der Waals surface area contributed by atoms with Crippen LogP contribution in [-0.2, 0) is 17.9 Å². The van der Waals surface area contributed by atoms with Gasteiger partial charge in [-0.1, -0.05) is 30.3 Å². The highest BCUT2D eigenvalue weighted by atomic mass is 127. The number of guanidine groups is 1. The lowest BCUT2D eigenvalue weighted by Gasteiger charge is -2.23. The SMILES string of the molecule is CN=C(NCc1ccc(N2CCCC2=O)cc1)NCc1ccccc1OC(C)(C)C.I. The number of carbonyl (C=O) groups is 1. The van der Waals surface area contributed by atoms with Crippen LogP contribution in [0.1, 0.15) is 44.7 Å². The molecule has 1 heterocycles. The first-order valence-corrected chi connectivity index (χ1v) is 10.5. The summed E-state index contributed by atoms with van der Waals surface area (Å²) in [6.45, 7) is 8.21. The van der Waals surface area contributed by atoms with Crippen LogP contribution in [0.2, 0.25) is 0 Å². The second-order valence-electron chi connectivity index (χ2n) is 8.42. The number of halogens is 1. The Morgan fingerprint density at radius 1 is 1.06 bits per heavy atom. The third kappa shape index (κ3) is 7.41. The van der Waals surface area contributed by atoms with Crippen LogP contribution in [0.25, 0.3) is 0 Å². The zero-order valence-electron chi connectivity index (χ0n) is 18.8. The molecule has 0 aromatic heterocycles. The number of para-hydroxylation sites is 1. The van der Waals surface area contributed by atoms with Gasteiger partial charge >= 0.3 is 0 Å². The van der Waals surface area contributed by atoms with Gasteiger partial charge in [-0.3, -0.25) is 9.79 Å². The minimum absolute atomic E-state index is 0. The van der Waals surface area contributed by atoms with Crippen molar-refractivity contribution in [3.8, 4) is 5.75 Å². The molecule has 3 rings (SSSR count). The lowest BCUT2D eigenvalue weighted by molar-refractivity contribution is -0.117. The summed E-state index contributed by atoms with van der Waals surface area (Å²) in [5.41, 5.74) is 2.93. The highest BCUT2D eigenvalue weighted by Crippen LogP contribution is 2.23. The number of amides is 1. The lowest BCUT2D eigenvalue weighted by Crippen LogP contribution is -2.36. The molecule has 0 spiro atoms. The van der Waals surface area contributed by atoms with Crippen LogP contribution in [-0.4, -0.2) is 31.1 Å². The summed E-state index contributed by atoms with van der Waals surface area (Å²) in [7, 11) is 1.76. The molecular formula is C24H33IN4O2. The van der Waals surface area contributed by atoms with Gasteiger partial charge in [-0.15, -0.1) is 24.0 Å². The van der Waals surface area contributed by atoms with Crippen molar-refractivity contribution < 1.29 is 9.53 Å². The molecular weight excluding hydrogens is 503 g/mol. The Morgan fingerprint density at radius 3 is 2.35 bits per heavy atom. The summed E-state index contributed by atoms with van der Waals surface area (Å²) in [5, 5.41) is 6.69. The first-order valence-electron chi connectivity index (χ1n) is 10.5. The molecule has 2 aromatic rings. The standard InChI is InChI=1S/C24H32N4O2.HI/c1-24(2,3)30-21-9-6-5-8-19(21)17-27-23(25-4)26-16-18-11-13-20(14-12-18)28-15-7-10-22(28)29;/h5-6,8-9,11-14H,7,10,15-17H2,1-4H3,(H2,25,26,27);1H. The van der Waals surface area contributed by atoms with E-state index in [9.17, 15) is 4.79 Å². The first kappa shape index (κ1) is 25.0. The molecule has 1 aliphatic heterocycles. The van der Waals surface area contributed by atoms with E-state index in [0.717, 1.165) is 41.5 Å². The largest absolute Gasteiger partial charge is 0.488 e. The van der Waals surface area contributed by atoms with Gasteiger partial charge in [0.15, 0.2) is 5.96 Å². The maximum absolute atomic E-state index is 11.9. The van der Waals surface area contributed by atoms with Crippen molar-refractivity contribution in [2.75, 3.05) is 18.5 Å². The number of nitrogens with one attached hydrogen (secondary N) is 2. The fourth-order valence-electron chi connectivity index (χ4n) is 3.38. The van der Waals surface area contributed by atoms with E-state index in [0.29, 0.717) is 19.5 Å². The van der Waals surface area contributed by atoms with Gasteiger partial charge in [0.05, 0.1) is 0 Å². The fraction of sp³-hybridized carbons (Fsp3) is 0.417. The third-order valence-electron chi connectivity index (χ3n) is 4.84. The minimum atomic E-state index is -0.248. The van der Waals surface area contributed by atoms with Crippen LogP contribution < -0.4 is 20.3 Å². The number of aliphatic imine (C=N–C) groups is 1. The smallest absolute Gasteiger partial charge is 0.227 e. The van der Waals surface area contributed by atoms with Crippen molar-refractivity contribution in [1.82, 2.24) is 10.6 Å². The Hall–Kier alpha value is -2.29. The maximum atomic E-state index is 11.9. The van der Waals surface area contributed by atoms with E-state index >= 15 is 0 Å². The Labute approximate surface area is 202 Å². The fourth-order valence-corrected chi connectivity index (χ4v) is 3.38. The van der Waals surface area contributed by atoms with Crippen molar-refractivity contribution in [1.29, 1.82) is 0 Å². The summed E-state index contributed by atoms with van der Waals surface area (Å²) < 4.78 is 6.06. The number of ether oxygens (including phenoxy) is 1. The second-order valence-corrected chi connectivity index (χ2v) is 8.42. The van der Waals surface area contributed by atoms with E-state index in [1.807, 2.05) is 68.1 Å². The van der Waals surface area contributed by atoms with Crippen LogP contribution in [0.5, 0.6) is 5.75 Å². The third-order valence-corrected chi connectivity index (χ3v) is 4.84. The normalized spacial score (nSPS) is 14.3.